The molecule has 5 heterocycles. The molecule has 162 valence electrons. The number of rotatable bonds is 5. The van der Waals surface area contributed by atoms with Gasteiger partial charge < -0.3 is 14.8 Å². The number of pyridine rings is 2. The molecular weight excluding hydrogens is 400 g/mol. The molecule has 1 saturated heterocycles. The standard InChI is InChI=1S/C24H26N8/c1-4-16(12-25-5-2)19-11-18-22(14-27-19)29-30-24(18)20-10-17-21(28-20)13-26-15-23(17)32-8-6-31(3)7-9-32/h4-5,10-15,28H,2,6-9H2,1,3H3,(H,29,30)/b16-4+,25-12?. The maximum atomic E-state index is 4.60. The number of anilines is 1. The first-order valence-corrected chi connectivity index (χ1v) is 10.7. The monoisotopic (exact) mass is 426 g/mol. The van der Waals surface area contributed by atoms with Gasteiger partial charge in [0.15, 0.2) is 0 Å². The van der Waals surface area contributed by atoms with Crippen LogP contribution in [-0.2, 0) is 0 Å². The number of aromatic nitrogens is 5. The fraction of sp³-hybridized carbons (Fsp3) is 0.250. The van der Waals surface area contributed by atoms with E-state index in [4.69, 9.17) is 0 Å². The normalized spacial score (nSPS) is 15.9. The van der Waals surface area contributed by atoms with Crippen LogP contribution < -0.4 is 4.90 Å². The Bertz CT molecular complexity index is 1330. The Morgan fingerprint density at radius 3 is 2.72 bits per heavy atom. The summed E-state index contributed by atoms with van der Waals surface area (Å²) in [5.74, 6) is 0. The molecule has 0 amide bonds. The third kappa shape index (κ3) is 3.58. The van der Waals surface area contributed by atoms with Crippen molar-refractivity contribution < 1.29 is 0 Å². The molecule has 5 rings (SSSR count). The van der Waals surface area contributed by atoms with E-state index < -0.39 is 0 Å². The predicted molar refractivity (Wildman–Crippen MR) is 131 cm³/mol. The minimum Gasteiger partial charge on any atom is -0.367 e. The molecule has 0 saturated carbocycles. The van der Waals surface area contributed by atoms with Gasteiger partial charge in [-0.15, -0.1) is 0 Å². The first-order chi connectivity index (χ1) is 15.7. The smallest absolute Gasteiger partial charge is 0.116 e. The van der Waals surface area contributed by atoms with Crippen molar-refractivity contribution in [2.45, 2.75) is 6.92 Å². The lowest BCUT2D eigenvalue weighted by atomic mass is 10.1. The third-order valence-corrected chi connectivity index (χ3v) is 6.00. The number of hydrogen-bond acceptors (Lipinski definition) is 6. The molecule has 0 bridgehead atoms. The zero-order valence-electron chi connectivity index (χ0n) is 18.3. The molecule has 4 aromatic heterocycles. The maximum Gasteiger partial charge on any atom is 0.116 e. The number of likely N-dealkylation sites (N-methyl/N-ethyl adjacent to an activating group) is 1. The first-order valence-electron chi connectivity index (χ1n) is 10.7. The minimum absolute atomic E-state index is 0.837. The van der Waals surface area contributed by atoms with Crippen LogP contribution in [0.3, 0.4) is 0 Å². The molecule has 8 heteroatoms. The SMILES string of the molecule is C=CN=C/C(=C\C)c1cc2c(-c3cc4c(N5CCN(C)CC5)cncc4[nH]3)n[nH]c2cn1. The quantitative estimate of drug-likeness (QED) is 0.473. The fourth-order valence-electron chi connectivity index (χ4n) is 4.16. The van der Waals surface area contributed by atoms with Gasteiger partial charge in [0.25, 0.3) is 0 Å². The minimum atomic E-state index is 0.837. The highest BCUT2D eigenvalue weighted by Crippen LogP contribution is 2.33. The summed E-state index contributed by atoms with van der Waals surface area (Å²) >= 11 is 0. The van der Waals surface area contributed by atoms with Crippen molar-refractivity contribution in [3.8, 4) is 11.4 Å². The van der Waals surface area contributed by atoms with Crippen LogP contribution in [0.5, 0.6) is 0 Å². The van der Waals surface area contributed by atoms with Crippen molar-refractivity contribution in [1.82, 2.24) is 30.0 Å². The van der Waals surface area contributed by atoms with Gasteiger partial charge in [-0.2, -0.15) is 5.10 Å². The number of aromatic amines is 2. The number of piperazine rings is 1. The molecule has 0 atom stereocenters. The van der Waals surface area contributed by atoms with Gasteiger partial charge in [0.1, 0.15) is 5.69 Å². The number of allylic oxidation sites excluding steroid dienone is 2. The van der Waals surface area contributed by atoms with E-state index in [2.05, 4.69) is 59.6 Å². The molecule has 0 spiro atoms. The number of fused-ring (bicyclic) bond motifs is 2. The largest absolute Gasteiger partial charge is 0.367 e. The highest BCUT2D eigenvalue weighted by Gasteiger charge is 2.19. The van der Waals surface area contributed by atoms with E-state index in [1.807, 2.05) is 37.7 Å². The molecule has 0 aromatic carbocycles. The second-order valence-electron chi connectivity index (χ2n) is 7.99. The second kappa shape index (κ2) is 8.39. The number of aliphatic imine (C=N–C) groups is 1. The maximum absolute atomic E-state index is 4.60. The average molecular weight is 427 g/mol. The average Bonchev–Trinajstić information content (AvgIpc) is 3.43. The highest BCUT2D eigenvalue weighted by atomic mass is 15.3. The molecule has 8 nitrogen and oxygen atoms in total. The zero-order chi connectivity index (χ0) is 22.1. The molecule has 2 N–H and O–H groups in total. The number of nitrogens with one attached hydrogen (secondary N) is 2. The molecule has 1 aliphatic heterocycles. The van der Waals surface area contributed by atoms with Crippen molar-refractivity contribution in [2.24, 2.45) is 4.99 Å². The lowest BCUT2D eigenvalue weighted by Gasteiger charge is -2.34. The van der Waals surface area contributed by atoms with Crippen LogP contribution in [0.25, 0.3) is 38.8 Å². The van der Waals surface area contributed by atoms with Crippen molar-refractivity contribution in [2.75, 3.05) is 38.1 Å². The summed E-state index contributed by atoms with van der Waals surface area (Å²) in [6.07, 6.45) is 10.9. The molecule has 4 aromatic rings. The Morgan fingerprint density at radius 1 is 1.09 bits per heavy atom. The summed E-state index contributed by atoms with van der Waals surface area (Å²) in [4.78, 5) is 21.5. The van der Waals surface area contributed by atoms with Crippen LogP contribution >= 0.6 is 0 Å². The van der Waals surface area contributed by atoms with E-state index in [1.165, 1.54) is 6.20 Å². The van der Waals surface area contributed by atoms with Crippen LogP contribution in [0.4, 0.5) is 5.69 Å². The Hall–Kier alpha value is -3.78. The van der Waals surface area contributed by atoms with Crippen LogP contribution in [-0.4, -0.2) is 69.5 Å². The third-order valence-electron chi connectivity index (χ3n) is 6.00. The Balaban J connectivity index is 1.57. The van der Waals surface area contributed by atoms with Gasteiger partial charge in [-0.3, -0.25) is 20.1 Å². The van der Waals surface area contributed by atoms with E-state index >= 15 is 0 Å². The van der Waals surface area contributed by atoms with Crippen molar-refractivity contribution >= 4 is 39.3 Å². The molecule has 0 aliphatic carbocycles. The van der Waals surface area contributed by atoms with E-state index in [1.54, 1.807) is 6.21 Å². The summed E-state index contributed by atoms with van der Waals surface area (Å²) in [6.45, 7) is 9.71. The molecule has 0 unspecified atom stereocenters. The first kappa shape index (κ1) is 20.1. The van der Waals surface area contributed by atoms with Gasteiger partial charge >= 0.3 is 0 Å². The van der Waals surface area contributed by atoms with Crippen molar-refractivity contribution in [3.63, 3.8) is 0 Å². The van der Waals surface area contributed by atoms with Crippen LogP contribution in [0.15, 0.2) is 54.6 Å². The Morgan fingerprint density at radius 2 is 1.94 bits per heavy atom. The van der Waals surface area contributed by atoms with Gasteiger partial charge in [-0.25, -0.2) is 0 Å². The van der Waals surface area contributed by atoms with Crippen molar-refractivity contribution in [3.05, 3.63) is 55.3 Å². The molecule has 32 heavy (non-hydrogen) atoms. The molecular formula is C24H26N8. The van der Waals surface area contributed by atoms with Crippen molar-refractivity contribution in [1.29, 1.82) is 0 Å². The van der Waals surface area contributed by atoms with E-state index in [-0.39, 0.29) is 0 Å². The highest BCUT2D eigenvalue weighted by molar-refractivity contribution is 6.10. The fourth-order valence-corrected chi connectivity index (χ4v) is 4.16. The Kier molecular flexibility index (Phi) is 5.28. The number of hydrogen-bond donors (Lipinski definition) is 2. The lowest BCUT2D eigenvalue weighted by Crippen LogP contribution is -2.44. The van der Waals surface area contributed by atoms with Gasteiger partial charge in [0.05, 0.1) is 46.7 Å². The molecule has 1 fully saturated rings. The zero-order valence-corrected chi connectivity index (χ0v) is 18.3. The van der Waals surface area contributed by atoms with Crippen LogP contribution in [0.2, 0.25) is 0 Å². The molecule has 1 aliphatic rings. The van der Waals surface area contributed by atoms with E-state index in [0.717, 1.165) is 76.3 Å². The number of H-pyrrole nitrogens is 2. The van der Waals surface area contributed by atoms with E-state index in [0.29, 0.717) is 0 Å². The summed E-state index contributed by atoms with van der Waals surface area (Å²) in [7, 11) is 2.17. The lowest BCUT2D eigenvalue weighted by molar-refractivity contribution is 0.313. The topological polar surface area (TPSA) is 89.1 Å². The van der Waals surface area contributed by atoms with Gasteiger partial charge in [0, 0.05) is 54.9 Å². The summed E-state index contributed by atoms with van der Waals surface area (Å²) in [5, 5.41) is 9.87. The van der Waals surface area contributed by atoms with Gasteiger partial charge in [-0.05, 0) is 26.1 Å². The second-order valence-corrected chi connectivity index (χ2v) is 7.99. The summed E-state index contributed by atoms with van der Waals surface area (Å²) < 4.78 is 0. The summed E-state index contributed by atoms with van der Waals surface area (Å²) in [5.41, 5.74) is 6.64. The predicted octanol–water partition coefficient (Wildman–Crippen LogP) is 3.87. The molecule has 0 radical (unpaired) electrons. The summed E-state index contributed by atoms with van der Waals surface area (Å²) in [6, 6.07) is 4.22. The van der Waals surface area contributed by atoms with Crippen LogP contribution in [0.1, 0.15) is 12.6 Å². The van der Waals surface area contributed by atoms with Crippen LogP contribution in [0, 0.1) is 0 Å². The van der Waals surface area contributed by atoms with Gasteiger partial charge in [-0.1, -0.05) is 12.7 Å². The van der Waals surface area contributed by atoms with E-state index in [9.17, 15) is 0 Å². The van der Waals surface area contributed by atoms with Gasteiger partial charge in [0.2, 0.25) is 0 Å². The number of nitrogens with zero attached hydrogens (tertiary/aromatic N) is 6. The Labute approximate surface area is 186 Å².